The van der Waals surface area contributed by atoms with Crippen LogP contribution in [0, 0.1) is 0 Å². The summed E-state index contributed by atoms with van der Waals surface area (Å²) in [6.45, 7) is 5.00. The summed E-state index contributed by atoms with van der Waals surface area (Å²) in [5, 5.41) is 23.0. The number of Topliss-reactive ketones (excluding diaryl/α,β-unsaturated/α-hetero) is 1. The van der Waals surface area contributed by atoms with Gasteiger partial charge in [0.25, 0.3) is 5.78 Å². The number of aromatic nitrogens is 2. The fraction of sp³-hybridized carbons (Fsp3) is 0.200. The third-order valence-electron chi connectivity index (χ3n) is 8.01. The number of fused-ring (bicyclic) bond motifs is 2. The standard InChI is InChI=1S/C35H29N3O5S2/c1-20(2)21-10-12-23(13-11-21)30-29(31(39)24-14-15-27-28(18-24)43-17-16-42-27)32(40)33(41)38(30)34-36-37-35(45-34)44-19-25-8-5-7-22-6-3-4-9-26(22)25/h3-15,18,20,30,39H,16-17,19H2,1-2H3/t30-/m0/s1. The fourth-order valence-corrected chi connectivity index (χ4v) is 7.54. The first-order valence-electron chi connectivity index (χ1n) is 14.6. The van der Waals surface area contributed by atoms with Crippen LogP contribution in [0.3, 0.4) is 0 Å². The van der Waals surface area contributed by atoms with E-state index in [2.05, 4.69) is 48.3 Å². The van der Waals surface area contributed by atoms with Gasteiger partial charge in [-0.05, 0) is 51.6 Å². The van der Waals surface area contributed by atoms with Gasteiger partial charge >= 0.3 is 5.91 Å². The molecule has 226 valence electrons. The summed E-state index contributed by atoms with van der Waals surface area (Å²) in [6.07, 6.45) is 0. The van der Waals surface area contributed by atoms with E-state index in [1.165, 1.54) is 38.9 Å². The number of aliphatic hydroxyl groups excluding tert-OH is 1. The molecule has 1 atom stereocenters. The highest BCUT2D eigenvalue weighted by atomic mass is 32.2. The van der Waals surface area contributed by atoms with Crippen molar-refractivity contribution in [2.24, 2.45) is 0 Å². The van der Waals surface area contributed by atoms with E-state index in [9.17, 15) is 14.7 Å². The molecule has 45 heavy (non-hydrogen) atoms. The number of hydrogen-bond acceptors (Lipinski definition) is 9. The van der Waals surface area contributed by atoms with Crippen LogP contribution in [0.2, 0.25) is 0 Å². The van der Waals surface area contributed by atoms with Crippen molar-refractivity contribution in [1.29, 1.82) is 0 Å². The van der Waals surface area contributed by atoms with Gasteiger partial charge in [-0.2, -0.15) is 0 Å². The molecule has 3 heterocycles. The Kier molecular flexibility index (Phi) is 7.76. The molecule has 7 rings (SSSR count). The summed E-state index contributed by atoms with van der Waals surface area (Å²) in [5.74, 6) is 0.137. The normalized spacial score (nSPS) is 17.4. The van der Waals surface area contributed by atoms with Crippen LogP contribution in [0.25, 0.3) is 16.5 Å². The zero-order chi connectivity index (χ0) is 31.1. The molecule has 0 radical (unpaired) electrons. The second-order valence-electron chi connectivity index (χ2n) is 11.1. The van der Waals surface area contributed by atoms with Gasteiger partial charge in [-0.15, -0.1) is 10.2 Å². The van der Waals surface area contributed by atoms with Crippen molar-refractivity contribution in [2.75, 3.05) is 18.1 Å². The number of ether oxygens (including phenoxy) is 2. The number of nitrogens with zero attached hydrogens (tertiary/aromatic N) is 3. The Morgan fingerprint density at radius 1 is 0.956 bits per heavy atom. The van der Waals surface area contributed by atoms with Crippen LogP contribution >= 0.6 is 23.1 Å². The van der Waals surface area contributed by atoms with Crippen LogP contribution in [-0.4, -0.2) is 40.2 Å². The number of rotatable bonds is 7. The van der Waals surface area contributed by atoms with Crippen LogP contribution in [-0.2, 0) is 15.3 Å². The van der Waals surface area contributed by atoms with Crippen molar-refractivity contribution in [1.82, 2.24) is 10.2 Å². The highest BCUT2D eigenvalue weighted by molar-refractivity contribution is 8.00. The van der Waals surface area contributed by atoms with Gasteiger partial charge in [-0.3, -0.25) is 14.5 Å². The number of hydrogen-bond donors (Lipinski definition) is 1. The zero-order valence-electron chi connectivity index (χ0n) is 24.6. The maximum atomic E-state index is 13.7. The van der Waals surface area contributed by atoms with Gasteiger partial charge in [0.1, 0.15) is 19.0 Å². The average Bonchev–Trinajstić information content (AvgIpc) is 3.64. The minimum atomic E-state index is -0.900. The number of ketones is 1. The molecule has 8 nitrogen and oxygen atoms in total. The van der Waals surface area contributed by atoms with Crippen LogP contribution in [0.15, 0.2) is 94.8 Å². The molecule has 5 aromatic rings. The van der Waals surface area contributed by atoms with E-state index in [0.29, 0.717) is 51.9 Å². The summed E-state index contributed by atoms with van der Waals surface area (Å²) in [6, 6.07) is 26.3. The molecule has 1 amide bonds. The van der Waals surface area contributed by atoms with E-state index in [-0.39, 0.29) is 16.5 Å². The van der Waals surface area contributed by atoms with Gasteiger partial charge in [0, 0.05) is 11.3 Å². The highest BCUT2D eigenvalue weighted by Crippen LogP contribution is 2.45. The average molecular weight is 636 g/mol. The summed E-state index contributed by atoms with van der Waals surface area (Å²) < 4.78 is 12.0. The molecule has 1 saturated heterocycles. The van der Waals surface area contributed by atoms with Gasteiger partial charge < -0.3 is 14.6 Å². The molecule has 10 heteroatoms. The van der Waals surface area contributed by atoms with Crippen molar-refractivity contribution >= 4 is 56.5 Å². The number of carbonyl (C=O) groups excluding carboxylic acids is 2. The van der Waals surface area contributed by atoms with Crippen molar-refractivity contribution in [3.63, 3.8) is 0 Å². The van der Waals surface area contributed by atoms with E-state index in [4.69, 9.17) is 9.47 Å². The van der Waals surface area contributed by atoms with E-state index < -0.39 is 17.7 Å². The first kappa shape index (κ1) is 29.1. The Balaban J connectivity index is 1.26. The Morgan fingerprint density at radius 2 is 1.71 bits per heavy atom. The minimum absolute atomic E-state index is 0.0193. The molecular formula is C35H29N3O5S2. The first-order chi connectivity index (χ1) is 21.9. The molecule has 4 aromatic carbocycles. The second kappa shape index (κ2) is 12.0. The lowest BCUT2D eigenvalue weighted by Gasteiger charge is -2.23. The van der Waals surface area contributed by atoms with Crippen LogP contribution in [0.4, 0.5) is 5.13 Å². The van der Waals surface area contributed by atoms with Crippen LogP contribution < -0.4 is 14.4 Å². The summed E-state index contributed by atoms with van der Waals surface area (Å²) in [4.78, 5) is 28.7. The summed E-state index contributed by atoms with van der Waals surface area (Å²) >= 11 is 2.77. The van der Waals surface area contributed by atoms with Crippen molar-refractivity contribution in [3.05, 3.63) is 113 Å². The molecule has 0 unspecified atom stereocenters. The first-order valence-corrected chi connectivity index (χ1v) is 16.4. The molecule has 2 aliphatic heterocycles. The molecule has 0 aliphatic carbocycles. The summed E-state index contributed by atoms with van der Waals surface area (Å²) in [5.41, 5.74) is 3.29. The van der Waals surface area contributed by atoms with Gasteiger partial charge in [-0.25, -0.2) is 0 Å². The van der Waals surface area contributed by atoms with Crippen molar-refractivity contribution < 1.29 is 24.2 Å². The number of amides is 1. The molecule has 0 bridgehead atoms. The zero-order valence-corrected chi connectivity index (χ0v) is 26.2. The van der Waals surface area contributed by atoms with Crippen molar-refractivity contribution in [3.8, 4) is 11.5 Å². The second-order valence-corrected chi connectivity index (χ2v) is 13.3. The SMILES string of the molecule is CC(C)c1ccc([C@H]2C(=C(O)c3ccc4c(c3)OCCO4)C(=O)C(=O)N2c2nnc(SCc3cccc4ccccc34)s2)cc1. The fourth-order valence-electron chi connectivity index (χ4n) is 5.67. The van der Waals surface area contributed by atoms with Gasteiger partial charge in [-0.1, -0.05) is 104 Å². The smallest absolute Gasteiger partial charge is 0.301 e. The molecule has 2 aliphatic rings. The monoisotopic (exact) mass is 635 g/mol. The predicted octanol–water partition coefficient (Wildman–Crippen LogP) is 7.50. The van der Waals surface area contributed by atoms with E-state index in [0.717, 1.165) is 10.9 Å². The van der Waals surface area contributed by atoms with E-state index in [1.807, 2.05) is 42.5 Å². The Labute approximate surface area is 268 Å². The number of aliphatic hydroxyl groups is 1. The number of benzene rings is 4. The Hall–Kier alpha value is -4.67. The maximum Gasteiger partial charge on any atom is 0.301 e. The van der Waals surface area contributed by atoms with Gasteiger partial charge in [0.2, 0.25) is 5.13 Å². The molecule has 0 spiro atoms. The van der Waals surface area contributed by atoms with Crippen LogP contribution in [0.1, 0.15) is 48.1 Å². The maximum absolute atomic E-state index is 13.7. The molecule has 1 fully saturated rings. The Bertz CT molecular complexity index is 1960. The number of anilines is 1. The lowest BCUT2D eigenvalue weighted by molar-refractivity contribution is -0.132. The third-order valence-corrected chi connectivity index (χ3v) is 10.1. The number of thioether (sulfide) groups is 1. The molecule has 1 aromatic heterocycles. The van der Waals surface area contributed by atoms with E-state index in [1.54, 1.807) is 18.2 Å². The van der Waals surface area contributed by atoms with Gasteiger partial charge in [0.15, 0.2) is 15.8 Å². The summed E-state index contributed by atoms with van der Waals surface area (Å²) in [7, 11) is 0. The minimum Gasteiger partial charge on any atom is -0.507 e. The molecular weight excluding hydrogens is 607 g/mol. The predicted molar refractivity (Wildman–Crippen MR) is 176 cm³/mol. The quantitative estimate of drug-likeness (QED) is 0.0645. The third kappa shape index (κ3) is 5.44. The van der Waals surface area contributed by atoms with Crippen LogP contribution in [0.5, 0.6) is 11.5 Å². The largest absolute Gasteiger partial charge is 0.507 e. The number of carbonyl (C=O) groups is 2. The lowest BCUT2D eigenvalue weighted by atomic mass is 9.93. The molecule has 1 N–H and O–H groups in total. The topological polar surface area (TPSA) is 102 Å². The highest BCUT2D eigenvalue weighted by Gasteiger charge is 2.48. The van der Waals surface area contributed by atoms with Gasteiger partial charge in [0.05, 0.1) is 11.6 Å². The Morgan fingerprint density at radius 3 is 2.51 bits per heavy atom. The lowest BCUT2D eigenvalue weighted by Crippen LogP contribution is -2.29. The van der Waals surface area contributed by atoms with E-state index >= 15 is 0 Å². The van der Waals surface area contributed by atoms with Crippen molar-refractivity contribution in [2.45, 2.75) is 35.9 Å². The molecule has 0 saturated carbocycles.